The van der Waals surface area contributed by atoms with Crippen molar-refractivity contribution < 1.29 is 5.11 Å². The van der Waals surface area contributed by atoms with Gasteiger partial charge in [-0.15, -0.1) is 0 Å². The maximum absolute atomic E-state index is 12.0. The third-order valence-corrected chi connectivity index (χ3v) is 4.31. The summed E-state index contributed by atoms with van der Waals surface area (Å²) in [6.45, 7) is 1.74. The average Bonchev–Trinajstić information content (AvgIpc) is 3.05. The average molecular weight is 331 g/mol. The summed E-state index contributed by atoms with van der Waals surface area (Å²) < 4.78 is 1.97. The molecule has 0 saturated heterocycles. The number of aromatic nitrogens is 3. The van der Waals surface area contributed by atoms with Crippen LogP contribution >= 0.6 is 0 Å². The van der Waals surface area contributed by atoms with Crippen LogP contribution in [0.5, 0.6) is 0 Å². The van der Waals surface area contributed by atoms with E-state index < -0.39 is 6.10 Å². The van der Waals surface area contributed by atoms with E-state index >= 15 is 0 Å². The van der Waals surface area contributed by atoms with E-state index in [1.807, 2.05) is 53.1 Å². The Hall–Kier alpha value is -3.18. The highest BCUT2D eigenvalue weighted by molar-refractivity contribution is 5.79. The third-order valence-electron chi connectivity index (χ3n) is 4.31. The summed E-state index contributed by atoms with van der Waals surface area (Å²) in [5, 5.41) is 9.73. The van der Waals surface area contributed by atoms with E-state index in [-0.39, 0.29) is 5.56 Å². The lowest BCUT2D eigenvalue weighted by atomic mass is 10.1. The minimum absolute atomic E-state index is 0.114. The van der Waals surface area contributed by atoms with Crippen LogP contribution in [0.3, 0.4) is 0 Å². The molecule has 4 rings (SSSR count). The molecule has 2 heterocycles. The van der Waals surface area contributed by atoms with Crippen LogP contribution in [0.25, 0.3) is 27.8 Å². The lowest BCUT2D eigenvalue weighted by Crippen LogP contribution is -2.07. The largest absolute Gasteiger partial charge is 0.389 e. The normalized spacial score (nSPS) is 12.4. The number of fused-ring (bicyclic) bond motifs is 1. The molecule has 124 valence electrons. The molecule has 0 amide bonds. The zero-order chi connectivity index (χ0) is 17.4. The molecule has 25 heavy (non-hydrogen) atoms. The Kier molecular flexibility index (Phi) is 3.71. The minimum atomic E-state index is -0.525. The minimum Gasteiger partial charge on any atom is -0.389 e. The summed E-state index contributed by atoms with van der Waals surface area (Å²) in [6, 6.07) is 17.1. The van der Waals surface area contributed by atoms with Crippen molar-refractivity contribution in [3.05, 3.63) is 83.0 Å². The van der Waals surface area contributed by atoms with Crippen LogP contribution in [-0.2, 0) is 0 Å². The van der Waals surface area contributed by atoms with Gasteiger partial charge in [0.1, 0.15) is 6.33 Å². The van der Waals surface area contributed by atoms with Crippen molar-refractivity contribution in [2.45, 2.75) is 13.0 Å². The summed E-state index contributed by atoms with van der Waals surface area (Å²) >= 11 is 0. The molecule has 2 aromatic heterocycles. The molecule has 5 nitrogen and oxygen atoms in total. The van der Waals surface area contributed by atoms with Gasteiger partial charge in [0.05, 0.1) is 17.1 Å². The number of nitrogens with zero attached hydrogens (tertiary/aromatic N) is 2. The van der Waals surface area contributed by atoms with E-state index in [0.29, 0.717) is 5.56 Å². The number of hydrogen-bond acceptors (Lipinski definition) is 3. The predicted octanol–water partition coefficient (Wildman–Crippen LogP) is 3.43. The van der Waals surface area contributed by atoms with Crippen LogP contribution < -0.4 is 5.56 Å². The standard InChI is InChI=1S/C20H17N3O2/c1-13(24)14-7-8-19-18(11-14)22-12-23(19)16-5-2-4-15(10-16)17-6-3-9-21-20(17)25/h2-13,24H,1H3,(H,21,25)/t13-/m0/s1. The first-order valence-corrected chi connectivity index (χ1v) is 8.07. The highest BCUT2D eigenvalue weighted by atomic mass is 16.3. The molecular weight excluding hydrogens is 314 g/mol. The molecule has 5 heteroatoms. The number of pyridine rings is 1. The highest BCUT2D eigenvalue weighted by Gasteiger charge is 2.09. The Morgan fingerprint density at radius 3 is 2.80 bits per heavy atom. The van der Waals surface area contributed by atoms with Gasteiger partial charge in [-0.1, -0.05) is 18.2 Å². The van der Waals surface area contributed by atoms with Gasteiger partial charge in [-0.3, -0.25) is 9.36 Å². The molecular formula is C20H17N3O2. The van der Waals surface area contributed by atoms with E-state index in [2.05, 4.69) is 9.97 Å². The van der Waals surface area contributed by atoms with E-state index in [1.54, 1.807) is 25.5 Å². The predicted molar refractivity (Wildman–Crippen MR) is 97.8 cm³/mol. The van der Waals surface area contributed by atoms with E-state index in [1.165, 1.54) is 0 Å². The molecule has 0 aliphatic heterocycles. The Balaban J connectivity index is 1.83. The molecule has 1 atom stereocenters. The maximum Gasteiger partial charge on any atom is 0.255 e. The van der Waals surface area contributed by atoms with E-state index in [0.717, 1.165) is 27.8 Å². The number of aromatic amines is 1. The van der Waals surface area contributed by atoms with Gasteiger partial charge >= 0.3 is 0 Å². The molecule has 0 spiro atoms. The SMILES string of the molecule is C[C@H](O)c1ccc2c(c1)ncn2-c1cccc(-c2ccc[nH]c2=O)c1. The second-order valence-electron chi connectivity index (χ2n) is 6.00. The van der Waals surface area contributed by atoms with Crippen molar-refractivity contribution in [3.63, 3.8) is 0 Å². The molecule has 4 aromatic rings. The number of aliphatic hydroxyl groups excluding tert-OH is 1. The van der Waals surface area contributed by atoms with Gasteiger partial charge in [-0.25, -0.2) is 4.98 Å². The van der Waals surface area contributed by atoms with Gasteiger partial charge < -0.3 is 10.1 Å². The Labute approximate surface area is 144 Å². The fraction of sp³-hybridized carbons (Fsp3) is 0.100. The summed E-state index contributed by atoms with van der Waals surface area (Å²) in [5.41, 5.74) is 4.89. The van der Waals surface area contributed by atoms with Gasteiger partial charge in [0.2, 0.25) is 0 Å². The monoisotopic (exact) mass is 331 g/mol. The fourth-order valence-electron chi connectivity index (χ4n) is 2.97. The van der Waals surface area contributed by atoms with Gasteiger partial charge in [0, 0.05) is 17.4 Å². The number of H-pyrrole nitrogens is 1. The first-order valence-electron chi connectivity index (χ1n) is 8.07. The molecule has 0 bridgehead atoms. The third kappa shape index (κ3) is 2.75. The number of rotatable bonds is 3. The molecule has 0 unspecified atom stereocenters. The zero-order valence-electron chi connectivity index (χ0n) is 13.7. The second kappa shape index (κ2) is 6.03. The molecule has 0 fully saturated rings. The van der Waals surface area contributed by atoms with Crippen molar-refractivity contribution >= 4 is 11.0 Å². The lowest BCUT2D eigenvalue weighted by molar-refractivity contribution is 0.199. The van der Waals surface area contributed by atoms with E-state index in [9.17, 15) is 9.90 Å². The Morgan fingerprint density at radius 2 is 2.00 bits per heavy atom. The number of imidazole rings is 1. The zero-order valence-corrected chi connectivity index (χ0v) is 13.7. The van der Waals surface area contributed by atoms with Crippen molar-refractivity contribution in [1.29, 1.82) is 0 Å². The topological polar surface area (TPSA) is 70.9 Å². The molecule has 0 radical (unpaired) electrons. The molecule has 2 aromatic carbocycles. The first-order chi connectivity index (χ1) is 12.1. The number of hydrogen-bond donors (Lipinski definition) is 2. The summed E-state index contributed by atoms with van der Waals surface area (Å²) in [7, 11) is 0. The number of nitrogens with one attached hydrogen (secondary N) is 1. The van der Waals surface area contributed by atoms with Crippen LogP contribution in [0.2, 0.25) is 0 Å². The molecule has 2 N–H and O–H groups in total. The van der Waals surface area contributed by atoms with Gasteiger partial charge in [-0.2, -0.15) is 0 Å². The van der Waals surface area contributed by atoms with Crippen LogP contribution in [0, 0.1) is 0 Å². The van der Waals surface area contributed by atoms with Crippen molar-refractivity contribution in [1.82, 2.24) is 14.5 Å². The van der Waals surface area contributed by atoms with Crippen molar-refractivity contribution in [2.24, 2.45) is 0 Å². The highest BCUT2D eigenvalue weighted by Crippen LogP contribution is 2.24. The van der Waals surface area contributed by atoms with Crippen LogP contribution in [-0.4, -0.2) is 19.6 Å². The van der Waals surface area contributed by atoms with Crippen molar-refractivity contribution in [3.8, 4) is 16.8 Å². The quantitative estimate of drug-likeness (QED) is 0.604. The fourth-order valence-corrected chi connectivity index (χ4v) is 2.97. The van der Waals surface area contributed by atoms with Crippen LogP contribution in [0.1, 0.15) is 18.6 Å². The first kappa shape index (κ1) is 15.4. The van der Waals surface area contributed by atoms with Crippen LogP contribution in [0.4, 0.5) is 0 Å². The molecule has 0 aliphatic rings. The molecule has 0 saturated carbocycles. The summed E-state index contributed by atoms with van der Waals surface area (Å²) in [6.07, 6.45) is 2.85. The second-order valence-corrected chi connectivity index (χ2v) is 6.00. The van der Waals surface area contributed by atoms with Crippen LogP contribution in [0.15, 0.2) is 71.9 Å². The van der Waals surface area contributed by atoms with E-state index in [4.69, 9.17) is 0 Å². The van der Waals surface area contributed by atoms with Gasteiger partial charge in [0.25, 0.3) is 5.56 Å². The Bertz CT molecular complexity index is 1110. The molecule has 0 aliphatic carbocycles. The summed E-state index contributed by atoms with van der Waals surface area (Å²) in [5.74, 6) is 0. The van der Waals surface area contributed by atoms with Gasteiger partial charge in [-0.05, 0) is 54.4 Å². The van der Waals surface area contributed by atoms with Crippen molar-refractivity contribution in [2.75, 3.05) is 0 Å². The van der Waals surface area contributed by atoms with Gasteiger partial charge in [0.15, 0.2) is 0 Å². The number of aliphatic hydroxyl groups is 1. The Morgan fingerprint density at radius 1 is 1.12 bits per heavy atom. The maximum atomic E-state index is 12.0. The smallest absolute Gasteiger partial charge is 0.255 e. The summed E-state index contributed by atoms with van der Waals surface area (Å²) in [4.78, 5) is 19.2. The number of benzene rings is 2. The lowest BCUT2D eigenvalue weighted by Gasteiger charge is -2.08.